The number of rotatable bonds is 4. The number of hydrogen-bond acceptors (Lipinski definition) is 4. The molecule has 0 saturated heterocycles. The number of nitrogens with zero attached hydrogens (tertiary/aromatic N) is 3. The third kappa shape index (κ3) is 3.34. The van der Waals surface area contributed by atoms with Gasteiger partial charge in [-0.2, -0.15) is 0 Å². The normalized spacial score (nSPS) is 11.5. The van der Waals surface area contributed by atoms with Gasteiger partial charge in [-0.25, -0.2) is 9.97 Å². The third-order valence-corrected chi connectivity index (χ3v) is 5.74. The molecule has 0 amide bonds. The van der Waals surface area contributed by atoms with Crippen LogP contribution in [0.1, 0.15) is 25.0 Å². The minimum atomic E-state index is 0.0270. The lowest BCUT2D eigenvalue weighted by Gasteiger charge is -2.15. The first-order valence-corrected chi connectivity index (χ1v) is 10.7. The number of benzene rings is 2. The van der Waals surface area contributed by atoms with Gasteiger partial charge in [-0.05, 0) is 56.5 Å². The summed E-state index contributed by atoms with van der Waals surface area (Å²) >= 11 is 0. The molecule has 160 valence electrons. The van der Waals surface area contributed by atoms with Crippen molar-refractivity contribution in [2.24, 2.45) is 0 Å². The Kier molecular flexibility index (Phi) is 4.78. The van der Waals surface area contributed by atoms with Crippen molar-refractivity contribution in [3.63, 3.8) is 0 Å². The Balaban J connectivity index is 1.69. The van der Waals surface area contributed by atoms with Gasteiger partial charge in [-0.1, -0.05) is 24.3 Å². The van der Waals surface area contributed by atoms with Crippen molar-refractivity contribution in [3.8, 4) is 22.4 Å². The van der Waals surface area contributed by atoms with E-state index in [4.69, 9.17) is 4.98 Å². The number of fused-ring (bicyclic) bond motifs is 2. The van der Waals surface area contributed by atoms with Crippen molar-refractivity contribution in [3.05, 3.63) is 82.5 Å². The summed E-state index contributed by atoms with van der Waals surface area (Å²) < 4.78 is 1.98. The van der Waals surface area contributed by atoms with Crippen LogP contribution in [0.5, 0.6) is 0 Å². The maximum absolute atomic E-state index is 13.3. The van der Waals surface area contributed by atoms with E-state index in [9.17, 15) is 4.79 Å². The minimum absolute atomic E-state index is 0.0270. The molecule has 0 radical (unpaired) electrons. The Bertz CT molecular complexity index is 1530. The van der Waals surface area contributed by atoms with E-state index in [0.717, 1.165) is 44.9 Å². The molecule has 6 nitrogen and oxygen atoms in total. The first-order valence-electron chi connectivity index (χ1n) is 10.7. The van der Waals surface area contributed by atoms with Gasteiger partial charge < -0.3 is 14.7 Å². The van der Waals surface area contributed by atoms with Crippen molar-refractivity contribution >= 4 is 22.4 Å². The number of anilines is 1. The lowest BCUT2D eigenvalue weighted by atomic mass is 9.95. The molecule has 0 spiro atoms. The van der Waals surface area contributed by atoms with Crippen LogP contribution in [0.3, 0.4) is 0 Å². The Morgan fingerprint density at radius 3 is 2.69 bits per heavy atom. The lowest BCUT2D eigenvalue weighted by Crippen LogP contribution is -2.13. The summed E-state index contributed by atoms with van der Waals surface area (Å²) in [5.74, 6) is 0.742. The second-order valence-corrected chi connectivity index (χ2v) is 8.49. The molecule has 0 aliphatic rings. The first-order chi connectivity index (χ1) is 15.4. The van der Waals surface area contributed by atoms with Crippen molar-refractivity contribution in [2.75, 3.05) is 5.32 Å². The predicted octanol–water partition coefficient (Wildman–Crippen LogP) is 5.34. The summed E-state index contributed by atoms with van der Waals surface area (Å²) in [5.41, 5.74) is 7.15. The van der Waals surface area contributed by atoms with Crippen LogP contribution < -0.4 is 10.7 Å². The second-order valence-electron chi connectivity index (χ2n) is 8.49. The number of nitrogens with one attached hydrogen (secondary N) is 2. The van der Waals surface area contributed by atoms with E-state index in [1.165, 1.54) is 0 Å². The smallest absolute Gasteiger partial charge is 0.197 e. The number of aromatic amines is 1. The van der Waals surface area contributed by atoms with Crippen LogP contribution in [0.25, 0.3) is 38.9 Å². The lowest BCUT2D eigenvalue weighted by molar-refractivity contribution is 0.887. The number of aromatic nitrogens is 4. The Morgan fingerprint density at radius 2 is 1.88 bits per heavy atom. The molecule has 0 atom stereocenters. The summed E-state index contributed by atoms with van der Waals surface area (Å²) in [5, 5.41) is 4.09. The van der Waals surface area contributed by atoms with Gasteiger partial charge in [-0.15, -0.1) is 0 Å². The molecule has 5 aromatic rings. The quantitative estimate of drug-likeness (QED) is 0.409. The van der Waals surface area contributed by atoms with E-state index in [2.05, 4.69) is 29.1 Å². The summed E-state index contributed by atoms with van der Waals surface area (Å²) in [6, 6.07) is 12.1. The summed E-state index contributed by atoms with van der Waals surface area (Å²) in [6.07, 6.45) is 7.48. The highest BCUT2D eigenvalue weighted by Gasteiger charge is 2.16. The molecule has 2 aromatic carbocycles. The fourth-order valence-corrected chi connectivity index (χ4v) is 4.17. The maximum Gasteiger partial charge on any atom is 0.197 e. The van der Waals surface area contributed by atoms with Crippen molar-refractivity contribution in [1.82, 2.24) is 19.4 Å². The van der Waals surface area contributed by atoms with Crippen molar-refractivity contribution < 1.29 is 0 Å². The average molecular weight is 424 g/mol. The van der Waals surface area contributed by atoms with E-state index >= 15 is 0 Å². The molecule has 0 aliphatic carbocycles. The van der Waals surface area contributed by atoms with Gasteiger partial charge in [-0.3, -0.25) is 4.79 Å². The standard InChI is InChI=1S/C26H25N5O/c1-15(2)29-25-26-27-10-11-31(26)14-23(30-25)19-7-5-6-18(17(19)4)21-13-28-22-12-16(3)8-9-20(22)24(21)32/h5-15H,1-4H3,(H,28,32)(H,29,30). The molecule has 5 rings (SSSR count). The summed E-state index contributed by atoms with van der Waals surface area (Å²) in [4.78, 5) is 25.9. The Hall–Kier alpha value is -3.93. The molecule has 32 heavy (non-hydrogen) atoms. The van der Waals surface area contributed by atoms with Gasteiger partial charge in [0.25, 0.3) is 0 Å². The Morgan fingerprint density at radius 1 is 1.06 bits per heavy atom. The van der Waals surface area contributed by atoms with Gasteiger partial charge in [0.15, 0.2) is 16.9 Å². The van der Waals surface area contributed by atoms with Gasteiger partial charge in [0.2, 0.25) is 0 Å². The Labute approximate surface area is 186 Å². The molecule has 0 saturated carbocycles. The van der Waals surface area contributed by atoms with Crippen LogP contribution in [-0.2, 0) is 0 Å². The van der Waals surface area contributed by atoms with Crippen molar-refractivity contribution in [2.45, 2.75) is 33.7 Å². The SMILES string of the molecule is Cc1ccc2c(=O)c(-c3cccc(-c4cn5ccnc5c(NC(C)C)n4)c3C)c[nH]c2c1. The minimum Gasteiger partial charge on any atom is -0.365 e. The van der Waals surface area contributed by atoms with Gasteiger partial charge >= 0.3 is 0 Å². The highest BCUT2D eigenvalue weighted by Crippen LogP contribution is 2.31. The molecule has 0 fully saturated rings. The van der Waals surface area contributed by atoms with Gasteiger partial charge in [0, 0.05) is 52.9 Å². The number of imidazole rings is 1. The summed E-state index contributed by atoms with van der Waals surface area (Å²) in [7, 11) is 0. The van der Waals surface area contributed by atoms with Gasteiger partial charge in [0.05, 0.1) is 5.69 Å². The monoisotopic (exact) mass is 423 g/mol. The second kappa shape index (κ2) is 7.64. The molecule has 0 bridgehead atoms. The van der Waals surface area contributed by atoms with E-state index in [0.29, 0.717) is 10.9 Å². The van der Waals surface area contributed by atoms with Crippen LogP contribution >= 0.6 is 0 Å². The number of hydrogen-bond donors (Lipinski definition) is 2. The predicted molar refractivity (Wildman–Crippen MR) is 130 cm³/mol. The first kappa shape index (κ1) is 20.0. The maximum atomic E-state index is 13.3. The van der Waals surface area contributed by atoms with E-state index in [1.54, 1.807) is 6.20 Å². The fourth-order valence-electron chi connectivity index (χ4n) is 4.17. The van der Waals surface area contributed by atoms with Crippen LogP contribution in [-0.4, -0.2) is 25.4 Å². The molecular weight excluding hydrogens is 398 g/mol. The zero-order chi connectivity index (χ0) is 22.4. The van der Waals surface area contributed by atoms with Crippen LogP contribution in [0.2, 0.25) is 0 Å². The summed E-state index contributed by atoms with van der Waals surface area (Å²) in [6.45, 7) is 8.21. The van der Waals surface area contributed by atoms with Crippen LogP contribution in [0, 0.1) is 13.8 Å². The van der Waals surface area contributed by atoms with Crippen LogP contribution in [0.4, 0.5) is 5.82 Å². The van der Waals surface area contributed by atoms with E-state index in [-0.39, 0.29) is 11.5 Å². The van der Waals surface area contributed by atoms with Crippen molar-refractivity contribution in [1.29, 1.82) is 0 Å². The highest BCUT2D eigenvalue weighted by molar-refractivity contribution is 5.86. The average Bonchev–Trinajstić information content (AvgIpc) is 3.23. The van der Waals surface area contributed by atoms with Gasteiger partial charge in [0.1, 0.15) is 0 Å². The van der Waals surface area contributed by atoms with E-state index < -0.39 is 0 Å². The number of H-pyrrole nitrogens is 1. The zero-order valence-electron chi connectivity index (χ0n) is 18.6. The molecule has 0 aliphatic heterocycles. The number of pyridine rings is 1. The van der Waals surface area contributed by atoms with Crippen LogP contribution in [0.15, 0.2) is 66.0 Å². The largest absolute Gasteiger partial charge is 0.365 e. The number of aryl methyl sites for hydroxylation is 1. The topological polar surface area (TPSA) is 75.1 Å². The molecule has 3 aromatic heterocycles. The van der Waals surface area contributed by atoms with E-state index in [1.807, 2.05) is 73.2 Å². The highest BCUT2D eigenvalue weighted by atomic mass is 16.1. The molecule has 6 heteroatoms. The fraction of sp³-hybridized carbons (Fsp3) is 0.192. The molecule has 0 unspecified atom stereocenters. The third-order valence-electron chi connectivity index (χ3n) is 5.74. The zero-order valence-corrected chi connectivity index (χ0v) is 18.6. The molecule has 2 N–H and O–H groups in total. The molecular formula is C26H25N5O. The molecule has 3 heterocycles.